The Hall–Kier alpha value is -0.700. The molecule has 1 aliphatic rings. The Morgan fingerprint density at radius 2 is 2.00 bits per heavy atom. The van der Waals surface area contributed by atoms with Crippen LogP contribution in [-0.2, 0) is 9.13 Å². The van der Waals surface area contributed by atoms with E-state index < -0.39 is 19.0 Å². The van der Waals surface area contributed by atoms with Crippen molar-refractivity contribution < 1.29 is 9.13 Å². The summed E-state index contributed by atoms with van der Waals surface area (Å²) in [7, 11) is -2.73. The molecule has 0 aromatic heterocycles. The summed E-state index contributed by atoms with van der Waals surface area (Å²) in [5.41, 5.74) is 11.0. The van der Waals surface area contributed by atoms with Gasteiger partial charge < -0.3 is 11.5 Å². The smallest absolute Gasteiger partial charge is 0.322 e. The maximum Gasteiger partial charge on any atom is 0.342 e. The quantitative estimate of drug-likeness (QED) is 0.555. The van der Waals surface area contributed by atoms with Gasteiger partial charge in [0.2, 0.25) is 0 Å². The molecular formula is C6H9N2O2P. The molecule has 2 atom stereocenters. The average molecular weight is 172 g/mol. The third-order valence-corrected chi connectivity index (χ3v) is 2.72. The van der Waals surface area contributed by atoms with E-state index in [-0.39, 0.29) is 0 Å². The van der Waals surface area contributed by atoms with Crippen LogP contribution in [0.3, 0.4) is 0 Å². The van der Waals surface area contributed by atoms with E-state index in [0.717, 1.165) is 0 Å². The summed E-state index contributed by atoms with van der Waals surface area (Å²) in [6.07, 6.45) is 6.21. The lowest BCUT2D eigenvalue weighted by molar-refractivity contribution is 0.477. The van der Waals surface area contributed by atoms with Crippen molar-refractivity contribution in [3.8, 4) is 0 Å². The van der Waals surface area contributed by atoms with Gasteiger partial charge in [-0.1, -0.05) is 18.2 Å². The molecule has 0 heterocycles. The molecule has 11 heavy (non-hydrogen) atoms. The molecule has 0 aliphatic heterocycles. The first-order valence-corrected chi connectivity index (χ1v) is 4.30. The molecule has 0 saturated heterocycles. The van der Waals surface area contributed by atoms with E-state index in [9.17, 15) is 9.13 Å². The minimum absolute atomic E-state index is 0.645. The zero-order chi connectivity index (χ0) is 8.48. The fourth-order valence-corrected chi connectivity index (χ4v) is 1.38. The van der Waals surface area contributed by atoms with Gasteiger partial charge >= 0.3 is 7.68 Å². The number of rotatable bonds is 1. The molecule has 0 aromatic rings. The number of allylic oxidation sites excluding steroid dienone is 2. The lowest BCUT2D eigenvalue weighted by Gasteiger charge is -2.23. The fourth-order valence-electron chi connectivity index (χ4n) is 0.841. The van der Waals surface area contributed by atoms with Crippen LogP contribution in [0.2, 0.25) is 0 Å². The minimum Gasteiger partial charge on any atom is -0.322 e. The minimum atomic E-state index is -2.73. The topological polar surface area (TPSA) is 86.2 Å². The van der Waals surface area contributed by atoms with Crippen molar-refractivity contribution in [2.75, 3.05) is 0 Å². The summed E-state index contributed by atoms with van der Waals surface area (Å²) < 4.78 is 21.3. The van der Waals surface area contributed by atoms with Crippen molar-refractivity contribution in [1.29, 1.82) is 0 Å². The second kappa shape index (κ2) is 2.74. The Bertz CT molecular complexity index is 274. The molecule has 0 saturated carbocycles. The van der Waals surface area contributed by atoms with Gasteiger partial charge in [0, 0.05) is 0 Å². The molecular weight excluding hydrogens is 163 g/mol. The van der Waals surface area contributed by atoms with Gasteiger partial charge in [0.15, 0.2) is 5.28 Å². The van der Waals surface area contributed by atoms with Gasteiger partial charge in [-0.05, 0) is 6.08 Å². The van der Waals surface area contributed by atoms with Gasteiger partial charge in [0.05, 0.1) is 6.04 Å². The molecule has 5 heteroatoms. The van der Waals surface area contributed by atoms with E-state index in [1.807, 2.05) is 0 Å². The van der Waals surface area contributed by atoms with Gasteiger partial charge in [-0.15, -0.1) is 0 Å². The molecule has 0 fully saturated rings. The maximum atomic E-state index is 10.6. The van der Waals surface area contributed by atoms with Crippen LogP contribution in [0.25, 0.3) is 0 Å². The van der Waals surface area contributed by atoms with E-state index in [1.54, 1.807) is 18.2 Å². The molecule has 60 valence electrons. The Labute approximate surface area is 64.8 Å². The summed E-state index contributed by atoms with van der Waals surface area (Å²) in [4.78, 5) is 0. The zero-order valence-corrected chi connectivity index (χ0v) is 6.70. The first kappa shape index (κ1) is 8.40. The van der Waals surface area contributed by atoms with Crippen molar-refractivity contribution in [1.82, 2.24) is 0 Å². The van der Waals surface area contributed by atoms with Crippen LogP contribution in [0.1, 0.15) is 0 Å². The van der Waals surface area contributed by atoms with Crippen LogP contribution in [0.4, 0.5) is 0 Å². The second-order valence-corrected chi connectivity index (χ2v) is 3.70. The van der Waals surface area contributed by atoms with Crippen LogP contribution in [0.5, 0.6) is 0 Å². The molecule has 0 amide bonds. The highest BCUT2D eigenvalue weighted by Gasteiger charge is 2.35. The standard InChI is InChI=1S/C6H9N2O2P/c7-5-3-1-2-4-6(5,8)11(9)10/h1-5H,7-8H2. The summed E-state index contributed by atoms with van der Waals surface area (Å²) >= 11 is 0. The van der Waals surface area contributed by atoms with Gasteiger partial charge in [-0.3, -0.25) is 0 Å². The van der Waals surface area contributed by atoms with Gasteiger partial charge in [0.1, 0.15) is 0 Å². The summed E-state index contributed by atoms with van der Waals surface area (Å²) in [5.74, 6) is 0. The third-order valence-electron chi connectivity index (χ3n) is 1.64. The first-order chi connectivity index (χ1) is 5.07. The van der Waals surface area contributed by atoms with E-state index in [2.05, 4.69) is 0 Å². The molecule has 4 nitrogen and oxygen atoms in total. The molecule has 2 unspecified atom stereocenters. The zero-order valence-electron chi connectivity index (χ0n) is 5.81. The number of hydrogen-bond acceptors (Lipinski definition) is 4. The van der Waals surface area contributed by atoms with Crippen LogP contribution >= 0.6 is 7.68 Å². The SMILES string of the molecule is NC1C=CC=CC1(N)P(=O)=O. The molecule has 0 bridgehead atoms. The van der Waals surface area contributed by atoms with E-state index in [4.69, 9.17) is 11.5 Å². The van der Waals surface area contributed by atoms with E-state index >= 15 is 0 Å². The summed E-state index contributed by atoms with van der Waals surface area (Å²) in [5, 5.41) is -1.40. The second-order valence-electron chi connectivity index (χ2n) is 2.41. The Morgan fingerprint density at radius 3 is 2.36 bits per heavy atom. The summed E-state index contributed by atoms with van der Waals surface area (Å²) in [6, 6.07) is -0.645. The summed E-state index contributed by atoms with van der Waals surface area (Å²) in [6.45, 7) is 0. The van der Waals surface area contributed by atoms with E-state index in [1.165, 1.54) is 6.08 Å². The van der Waals surface area contributed by atoms with Crippen molar-refractivity contribution >= 4 is 7.68 Å². The van der Waals surface area contributed by atoms with Gasteiger partial charge in [-0.25, -0.2) is 9.13 Å². The number of nitrogens with two attached hydrogens (primary N) is 2. The van der Waals surface area contributed by atoms with Crippen molar-refractivity contribution in [2.45, 2.75) is 11.3 Å². The van der Waals surface area contributed by atoms with Crippen LogP contribution in [-0.4, -0.2) is 11.3 Å². The van der Waals surface area contributed by atoms with Crippen LogP contribution in [0, 0.1) is 0 Å². The van der Waals surface area contributed by atoms with Gasteiger partial charge in [0.25, 0.3) is 0 Å². The Morgan fingerprint density at radius 1 is 1.36 bits per heavy atom. The average Bonchev–Trinajstić information content (AvgIpc) is 1.95. The molecule has 1 aliphatic carbocycles. The Kier molecular flexibility index (Phi) is 2.09. The third kappa shape index (κ3) is 1.33. The largest absolute Gasteiger partial charge is 0.342 e. The van der Waals surface area contributed by atoms with Crippen molar-refractivity contribution in [2.24, 2.45) is 11.5 Å². The lowest BCUT2D eigenvalue weighted by Crippen LogP contribution is -2.49. The first-order valence-electron chi connectivity index (χ1n) is 3.12. The highest BCUT2D eigenvalue weighted by molar-refractivity contribution is 7.33. The van der Waals surface area contributed by atoms with Gasteiger partial charge in [-0.2, -0.15) is 0 Å². The monoisotopic (exact) mass is 172 g/mol. The molecule has 4 N–H and O–H groups in total. The van der Waals surface area contributed by atoms with Crippen molar-refractivity contribution in [3.05, 3.63) is 24.3 Å². The van der Waals surface area contributed by atoms with Crippen molar-refractivity contribution in [3.63, 3.8) is 0 Å². The Balaban J connectivity index is 3.04. The van der Waals surface area contributed by atoms with E-state index in [0.29, 0.717) is 0 Å². The highest BCUT2D eigenvalue weighted by atomic mass is 31.1. The molecule has 0 radical (unpaired) electrons. The fraction of sp³-hybridized carbons (Fsp3) is 0.333. The van der Waals surface area contributed by atoms with Crippen LogP contribution in [0.15, 0.2) is 24.3 Å². The highest BCUT2D eigenvalue weighted by Crippen LogP contribution is 2.30. The predicted octanol–water partition coefficient (Wildman–Crippen LogP) is 0.268. The molecule has 0 spiro atoms. The normalized spacial score (nSPS) is 35.6. The predicted molar refractivity (Wildman–Crippen MR) is 41.5 cm³/mol. The lowest BCUT2D eigenvalue weighted by atomic mass is 10.0. The maximum absolute atomic E-state index is 10.6. The molecule has 0 aromatic carbocycles. The molecule has 1 rings (SSSR count). The van der Waals surface area contributed by atoms with Crippen LogP contribution < -0.4 is 11.5 Å². The number of hydrogen-bond donors (Lipinski definition) is 2.